The lowest BCUT2D eigenvalue weighted by Gasteiger charge is -2.37. The molecule has 2 heterocycles. The van der Waals surface area contributed by atoms with Crippen LogP contribution in [0.2, 0.25) is 0 Å². The summed E-state index contributed by atoms with van der Waals surface area (Å²) in [4.78, 5) is 4.47. The molecular formula is C15H18N2O3S2. The number of sulfonamides is 1. The molecular weight excluding hydrogens is 320 g/mol. The van der Waals surface area contributed by atoms with Crippen LogP contribution in [0.3, 0.4) is 0 Å². The Labute approximate surface area is 134 Å². The molecule has 2 aromatic rings. The Morgan fingerprint density at radius 3 is 2.41 bits per heavy atom. The standard InChI is InChI=1S/C15H18N2O3S2/c1-10-6-11(2)14(12(3)7-10)22(18,19)17-8-13(9-17)20-15-16-4-5-21-15/h4-7,13H,8-9H2,1-3H3. The summed E-state index contributed by atoms with van der Waals surface area (Å²) in [7, 11) is -3.46. The highest BCUT2D eigenvalue weighted by Gasteiger charge is 2.39. The molecule has 0 N–H and O–H groups in total. The molecule has 1 aliphatic heterocycles. The van der Waals surface area contributed by atoms with Gasteiger partial charge in [-0.05, 0) is 31.9 Å². The highest BCUT2D eigenvalue weighted by Crippen LogP contribution is 2.29. The third-order valence-corrected chi connectivity index (χ3v) is 6.49. The highest BCUT2D eigenvalue weighted by atomic mass is 32.2. The fourth-order valence-electron chi connectivity index (χ4n) is 2.79. The monoisotopic (exact) mass is 338 g/mol. The van der Waals surface area contributed by atoms with Crippen molar-refractivity contribution in [1.29, 1.82) is 0 Å². The first-order valence-corrected chi connectivity index (χ1v) is 9.34. The molecule has 0 radical (unpaired) electrons. The van der Waals surface area contributed by atoms with Gasteiger partial charge < -0.3 is 4.74 Å². The first-order valence-electron chi connectivity index (χ1n) is 7.02. The van der Waals surface area contributed by atoms with Gasteiger partial charge in [0.2, 0.25) is 10.0 Å². The topological polar surface area (TPSA) is 59.5 Å². The van der Waals surface area contributed by atoms with Crippen molar-refractivity contribution in [3.05, 3.63) is 40.4 Å². The van der Waals surface area contributed by atoms with Gasteiger partial charge in [0.1, 0.15) is 6.10 Å². The summed E-state index contributed by atoms with van der Waals surface area (Å²) < 4.78 is 32.6. The van der Waals surface area contributed by atoms with Crippen molar-refractivity contribution in [1.82, 2.24) is 9.29 Å². The van der Waals surface area contributed by atoms with Crippen LogP contribution in [0.5, 0.6) is 5.19 Å². The van der Waals surface area contributed by atoms with Crippen LogP contribution in [0.4, 0.5) is 0 Å². The van der Waals surface area contributed by atoms with Crippen molar-refractivity contribution < 1.29 is 13.2 Å². The second-order valence-corrected chi connectivity index (χ2v) is 8.32. The molecule has 1 fully saturated rings. The summed E-state index contributed by atoms with van der Waals surface area (Å²) >= 11 is 1.41. The molecule has 1 aromatic heterocycles. The minimum atomic E-state index is -3.46. The quantitative estimate of drug-likeness (QED) is 0.859. The minimum absolute atomic E-state index is 0.119. The van der Waals surface area contributed by atoms with Gasteiger partial charge in [-0.1, -0.05) is 29.0 Å². The molecule has 0 spiro atoms. The lowest BCUT2D eigenvalue weighted by Crippen LogP contribution is -2.56. The van der Waals surface area contributed by atoms with E-state index < -0.39 is 10.0 Å². The summed E-state index contributed by atoms with van der Waals surface area (Å²) in [6.45, 7) is 6.40. The van der Waals surface area contributed by atoms with Gasteiger partial charge in [-0.3, -0.25) is 0 Å². The lowest BCUT2D eigenvalue weighted by molar-refractivity contribution is 0.0759. The molecule has 3 rings (SSSR count). The maximum absolute atomic E-state index is 12.8. The smallest absolute Gasteiger partial charge is 0.273 e. The predicted molar refractivity (Wildman–Crippen MR) is 85.9 cm³/mol. The largest absolute Gasteiger partial charge is 0.464 e. The summed E-state index contributed by atoms with van der Waals surface area (Å²) in [6.07, 6.45) is 1.55. The minimum Gasteiger partial charge on any atom is -0.464 e. The van der Waals surface area contributed by atoms with E-state index >= 15 is 0 Å². The molecule has 118 valence electrons. The average Bonchev–Trinajstić information content (AvgIpc) is 2.83. The molecule has 1 aliphatic rings. The Hall–Kier alpha value is -1.44. The molecule has 0 atom stereocenters. The number of hydrogen-bond acceptors (Lipinski definition) is 5. The summed E-state index contributed by atoms with van der Waals surface area (Å²) in [5, 5.41) is 2.42. The van der Waals surface area contributed by atoms with E-state index in [0.29, 0.717) is 23.2 Å². The van der Waals surface area contributed by atoms with Crippen molar-refractivity contribution >= 4 is 21.4 Å². The second-order valence-electron chi connectivity index (χ2n) is 5.59. The van der Waals surface area contributed by atoms with E-state index in [-0.39, 0.29) is 6.10 Å². The maximum atomic E-state index is 12.8. The zero-order chi connectivity index (χ0) is 15.9. The molecule has 22 heavy (non-hydrogen) atoms. The molecule has 0 aliphatic carbocycles. The van der Waals surface area contributed by atoms with Crippen LogP contribution in [0.15, 0.2) is 28.6 Å². The summed E-state index contributed by atoms with van der Waals surface area (Å²) in [5.74, 6) is 0. The Morgan fingerprint density at radius 1 is 1.23 bits per heavy atom. The van der Waals surface area contributed by atoms with Gasteiger partial charge in [-0.25, -0.2) is 13.4 Å². The number of rotatable bonds is 4. The van der Waals surface area contributed by atoms with E-state index in [4.69, 9.17) is 4.74 Å². The van der Waals surface area contributed by atoms with E-state index in [2.05, 4.69) is 4.98 Å². The molecule has 7 heteroatoms. The third-order valence-electron chi connectivity index (χ3n) is 3.69. The first-order chi connectivity index (χ1) is 10.4. The fourth-order valence-corrected chi connectivity index (χ4v) is 5.25. The molecule has 1 aromatic carbocycles. The Bertz CT molecular complexity index is 756. The van der Waals surface area contributed by atoms with Gasteiger partial charge in [0.05, 0.1) is 18.0 Å². The molecule has 5 nitrogen and oxygen atoms in total. The molecule has 0 amide bonds. The van der Waals surface area contributed by atoms with Crippen LogP contribution in [0.1, 0.15) is 16.7 Å². The van der Waals surface area contributed by atoms with E-state index in [1.807, 2.05) is 38.3 Å². The van der Waals surface area contributed by atoms with Crippen molar-refractivity contribution in [2.75, 3.05) is 13.1 Å². The van der Waals surface area contributed by atoms with Gasteiger partial charge in [0.25, 0.3) is 5.19 Å². The molecule has 0 saturated carbocycles. The maximum Gasteiger partial charge on any atom is 0.273 e. The predicted octanol–water partition coefficient (Wildman–Crippen LogP) is 2.52. The van der Waals surface area contributed by atoms with E-state index in [9.17, 15) is 8.42 Å². The number of ether oxygens (including phenoxy) is 1. The van der Waals surface area contributed by atoms with Crippen LogP contribution in [-0.2, 0) is 10.0 Å². The number of aromatic nitrogens is 1. The van der Waals surface area contributed by atoms with Crippen molar-refractivity contribution in [3.8, 4) is 5.19 Å². The number of aryl methyl sites for hydroxylation is 3. The lowest BCUT2D eigenvalue weighted by atomic mass is 10.1. The average molecular weight is 338 g/mol. The Kier molecular flexibility index (Phi) is 3.96. The second kappa shape index (κ2) is 5.64. The SMILES string of the molecule is Cc1cc(C)c(S(=O)(=O)N2CC(Oc3nccs3)C2)c(C)c1. The van der Waals surface area contributed by atoms with Crippen LogP contribution < -0.4 is 4.74 Å². The molecule has 0 unspecified atom stereocenters. The number of benzene rings is 1. The highest BCUT2D eigenvalue weighted by molar-refractivity contribution is 7.89. The van der Waals surface area contributed by atoms with Gasteiger partial charge in [-0.2, -0.15) is 4.31 Å². The van der Waals surface area contributed by atoms with Crippen LogP contribution in [-0.4, -0.2) is 36.9 Å². The van der Waals surface area contributed by atoms with Gasteiger partial charge in [-0.15, -0.1) is 0 Å². The number of thiazole rings is 1. The van der Waals surface area contributed by atoms with Crippen molar-refractivity contribution in [2.24, 2.45) is 0 Å². The van der Waals surface area contributed by atoms with E-state index in [1.165, 1.54) is 15.6 Å². The van der Waals surface area contributed by atoms with Gasteiger partial charge >= 0.3 is 0 Å². The zero-order valence-corrected chi connectivity index (χ0v) is 14.4. The first kappa shape index (κ1) is 15.5. The van der Waals surface area contributed by atoms with Crippen LogP contribution >= 0.6 is 11.3 Å². The van der Waals surface area contributed by atoms with Crippen molar-refractivity contribution in [2.45, 2.75) is 31.8 Å². The molecule has 1 saturated heterocycles. The van der Waals surface area contributed by atoms with E-state index in [0.717, 1.165) is 16.7 Å². The third kappa shape index (κ3) is 2.76. The number of nitrogens with zero attached hydrogens (tertiary/aromatic N) is 2. The summed E-state index contributed by atoms with van der Waals surface area (Å²) in [5.41, 5.74) is 2.66. The molecule has 0 bridgehead atoms. The number of hydrogen-bond donors (Lipinski definition) is 0. The van der Waals surface area contributed by atoms with Gasteiger partial charge in [0.15, 0.2) is 0 Å². The normalized spacial score (nSPS) is 16.5. The van der Waals surface area contributed by atoms with Crippen molar-refractivity contribution in [3.63, 3.8) is 0 Å². The zero-order valence-electron chi connectivity index (χ0n) is 12.7. The Morgan fingerprint density at radius 2 is 1.86 bits per heavy atom. The van der Waals surface area contributed by atoms with Crippen LogP contribution in [0, 0.1) is 20.8 Å². The van der Waals surface area contributed by atoms with E-state index in [1.54, 1.807) is 6.20 Å². The summed E-state index contributed by atoms with van der Waals surface area (Å²) in [6, 6.07) is 3.81. The van der Waals surface area contributed by atoms with Crippen LogP contribution in [0.25, 0.3) is 0 Å². The van der Waals surface area contributed by atoms with Gasteiger partial charge in [0, 0.05) is 11.6 Å². The fraction of sp³-hybridized carbons (Fsp3) is 0.400. The Balaban J connectivity index is 1.76.